The number of hydrogen-bond acceptors (Lipinski definition) is 4. The van der Waals surface area contributed by atoms with Gasteiger partial charge in [0, 0.05) is 49.8 Å². The van der Waals surface area contributed by atoms with Crippen LogP contribution in [-0.4, -0.2) is 53.5 Å². The molecule has 6 heteroatoms. The number of hydrogen-bond donors (Lipinski definition) is 0. The second-order valence-corrected chi connectivity index (χ2v) is 7.59. The van der Waals surface area contributed by atoms with E-state index in [9.17, 15) is 4.79 Å². The van der Waals surface area contributed by atoms with Crippen LogP contribution in [0, 0.1) is 5.92 Å². The zero-order chi connectivity index (χ0) is 14.7. The van der Waals surface area contributed by atoms with Crippen LogP contribution in [0.5, 0.6) is 0 Å². The largest absolute Gasteiger partial charge is 0.356 e. The third kappa shape index (κ3) is 3.54. The molecule has 1 amide bonds. The van der Waals surface area contributed by atoms with Crippen molar-refractivity contribution in [3.63, 3.8) is 0 Å². The monoisotopic (exact) mass is 369 g/mol. The van der Waals surface area contributed by atoms with Gasteiger partial charge in [0.15, 0.2) is 0 Å². The quantitative estimate of drug-likeness (QED) is 0.802. The van der Waals surface area contributed by atoms with Crippen molar-refractivity contribution in [2.24, 2.45) is 5.92 Å². The molecule has 21 heavy (non-hydrogen) atoms. The van der Waals surface area contributed by atoms with Crippen LogP contribution in [0.4, 0.5) is 5.82 Å². The Bertz CT molecular complexity index is 499. The van der Waals surface area contributed by atoms with Crippen LogP contribution in [0.1, 0.15) is 12.8 Å². The van der Waals surface area contributed by atoms with Crippen LogP contribution in [0.2, 0.25) is 0 Å². The fourth-order valence-corrected chi connectivity index (χ4v) is 4.40. The van der Waals surface area contributed by atoms with Gasteiger partial charge in [0.2, 0.25) is 5.91 Å². The van der Waals surface area contributed by atoms with Crippen molar-refractivity contribution in [2.75, 3.05) is 42.6 Å². The van der Waals surface area contributed by atoms with E-state index in [4.69, 9.17) is 0 Å². The van der Waals surface area contributed by atoms with Gasteiger partial charge in [0.25, 0.3) is 0 Å². The lowest BCUT2D eigenvalue weighted by Crippen LogP contribution is -2.45. The van der Waals surface area contributed by atoms with Gasteiger partial charge in [-0.25, -0.2) is 4.98 Å². The predicted molar refractivity (Wildman–Crippen MR) is 90.8 cm³/mol. The molecule has 4 nitrogen and oxygen atoms in total. The lowest BCUT2D eigenvalue weighted by atomic mass is 9.95. The van der Waals surface area contributed by atoms with Gasteiger partial charge in [-0.2, -0.15) is 11.8 Å². The highest BCUT2D eigenvalue weighted by molar-refractivity contribution is 9.10. The number of halogens is 1. The summed E-state index contributed by atoms with van der Waals surface area (Å²) < 4.78 is 1.03. The zero-order valence-electron chi connectivity index (χ0n) is 12.0. The summed E-state index contributed by atoms with van der Waals surface area (Å²) in [5, 5.41) is 0. The first-order chi connectivity index (χ1) is 10.3. The number of aromatic nitrogens is 1. The summed E-state index contributed by atoms with van der Waals surface area (Å²) in [6.45, 7) is 3.67. The smallest absolute Gasteiger partial charge is 0.225 e. The fraction of sp³-hybridized carbons (Fsp3) is 0.600. The van der Waals surface area contributed by atoms with Gasteiger partial charge in [-0.05, 0) is 40.9 Å². The molecule has 0 saturated carbocycles. The van der Waals surface area contributed by atoms with E-state index < -0.39 is 0 Å². The van der Waals surface area contributed by atoms with Crippen molar-refractivity contribution < 1.29 is 4.79 Å². The van der Waals surface area contributed by atoms with Gasteiger partial charge in [0.1, 0.15) is 5.82 Å². The van der Waals surface area contributed by atoms with Crippen molar-refractivity contribution in [3.05, 3.63) is 22.8 Å². The Balaban J connectivity index is 1.57. The zero-order valence-corrected chi connectivity index (χ0v) is 14.4. The molecule has 0 unspecified atom stereocenters. The van der Waals surface area contributed by atoms with Gasteiger partial charge in [0.05, 0.1) is 4.47 Å². The predicted octanol–water partition coefficient (Wildman–Crippen LogP) is 2.64. The molecule has 0 aliphatic carbocycles. The summed E-state index contributed by atoms with van der Waals surface area (Å²) in [4.78, 5) is 21.3. The van der Waals surface area contributed by atoms with E-state index in [-0.39, 0.29) is 5.92 Å². The molecule has 3 rings (SSSR count). The average Bonchev–Trinajstić information content (AvgIpc) is 2.56. The molecule has 0 N–H and O–H groups in total. The molecule has 2 aliphatic rings. The number of piperidine rings is 1. The number of pyridine rings is 1. The highest BCUT2D eigenvalue weighted by atomic mass is 79.9. The summed E-state index contributed by atoms with van der Waals surface area (Å²) >= 11 is 5.50. The Morgan fingerprint density at radius 3 is 2.62 bits per heavy atom. The van der Waals surface area contributed by atoms with Gasteiger partial charge in [-0.3, -0.25) is 4.79 Å². The highest BCUT2D eigenvalue weighted by Gasteiger charge is 2.30. The SMILES string of the molecule is O=C(C1CCN(c2ncccc2Br)CC1)N1CCSCC1. The fourth-order valence-electron chi connectivity index (χ4n) is 2.99. The van der Waals surface area contributed by atoms with Gasteiger partial charge < -0.3 is 9.80 Å². The first-order valence-electron chi connectivity index (χ1n) is 7.47. The minimum atomic E-state index is 0.201. The maximum Gasteiger partial charge on any atom is 0.225 e. The van der Waals surface area contributed by atoms with Gasteiger partial charge in [-0.1, -0.05) is 0 Å². The number of carbonyl (C=O) groups excluding carboxylic acids is 1. The number of anilines is 1. The summed E-state index contributed by atoms with van der Waals surface area (Å²) in [6.07, 6.45) is 3.69. The molecule has 3 heterocycles. The molecule has 0 radical (unpaired) electrons. The standard InChI is InChI=1S/C15H20BrN3OS/c16-13-2-1-5-17-14(13)18-6-3-12(4-7-18)15(20)19-8-10-21-11-9-19/h1-2,5,12H,3-4,6-11H2. The van der Waals surface area contributed by atoms with E-state index in [1.54, 1.807) is 0 Å². The number of rotatable bonds is 2. The third-order valence-electron chi connectivity index (χ3n) is 4.21. The number of amides is 1. The number of nitrogens with zero attached hydrogens (tertiary/aromatic N) is 3. The topological polar surface area (TPSA) is 36.4 Å². The van der Waals surface area contributed by atoms with E-state index in [1.165, 1.54) is 0 Å². The highest BCUT2D eigenvalue weighted by Crippen LogP contribution is 2.28. The molecule has 0 aromatic carbocycles. The van der Waals surface area contributed by atoms with Crippen molar-refractivity contribution in [3.8, 4) is 0 Å². The van der Waals surface area contributed by atoms with Gasteiger partial charge >= 0.3 is 0 Å². The molecule has 2 aliphatic heterocycles. The van der Waals surface area contributed by atoms with E-state index in [1.807, 2.05) is 30.1 Å². The molecule has 1 aromatic rings. The summed E-state index contributed by atoms with van der Waals surface area (Å²) in [6, 6.07) is 3.95. The van der Waals surface area contributed by atoms with Crippen molar-refractivity contribution in [1.29, 1.82) is 0 Å². The average molecular weight is 370 g/mol. The lowest BCUT2D eigenvalue weighted by Gasteiger charge is -2.36. The molecular formula is C15H20BrN3OS. The first-order valence-corrected chi connectivity index (χ1v) is 9.42. The minimum Gasteiger partial charge on any atom is -0.356 e. The van der Waals surface area contributed by atoms with Crippen molar-refractivity contribution >= 4 is 39.4 Å². The normalized spacial score (nSPS) is 20.6. The van der Waals surface area contributed by atoms with Crippen LogP contribution < -0.4 is 4.90 Å². The van der Waals surface area contributed by atoms with E-state index in [0.717, 1.165) is 60.8 Å². The van der Waals surface area contributed by atoms with Crippen LogP contribution in [0.3, 0.4) is 0 Å². The van der Waals surface area contributed by atoms with E-state index in [0.29, 0.717) is 5.91 Å². The van der Waals surface area contributed by atoms with Crippen LogP contribution in [0.15, 0.2) is 22.8 Å². The maximum atomic E-state index is 12.5. The third-order valence-corrected chi connectivity index (χ3v) is 5.77. The van der Waals surface area contributed by atoms with E-state index >= 15 is 0 Å². The van der Waals surface area contributed by atoms with Crippen LogP contribution >= 0.6 is 27.7 Å². The Morgan fingerprint density at radius 2 is 1.95 bits per heavy atom. The molecule has 114 valence electrons. The molecule has 0 bridgehead atoms. The lowest BCUT2D eigenvalue weighted by molar-refractivity contribution is -0.135. The Kier molecular flexibility index (Phi) is 5.06. The molecule has 2 saturated heterocycles. The second-order valence-electron chi connectivity index (χ2n) is 5.51. The molecular weight excluding hydrogens is 350 g/mol. The molecule has 0 spiro atoms. The first kappa shape index (κ1) is 15.2. The Morgan fingerprint density at radius 1 is 1.24 bits per heavy atom. The van der Waals surface area contributed by atoms with E-state index in [2.05, 4.69) is 30.7 Å². The summed E-state index contributed by atoms with van der Waals surface area (Å²) in [5.74, 6) is 3.75. The van der Waals surface area contributed by atoms with Gasteiger partial charge in [-0.15, -0.1) is 0 Å². The van der Waals surface area contributed by atoms with Crippen LogP contribution in [0.25, 0.3) is 0 Å². The van der Waals surface area contributed by atoms with Crippen molar-refractivity contribution in [2.45, 2.75) is 12.8 Å². The molecule has 1 aromatic heterocycles. The molecule has 0 atom stereocenters. The minimum absolute atomic E-state index is 0.201. The molecule has 2 fully saturated rings. The Hall–Kier alpha value is -0.750. The summed E-state index contributed by atoms with van der Waals surface area (Å²) in [7, 11) is 0. The second kappa shape index (κ2) is 7.01. The van der Waals surface area contributed by atoms with Crippen molar-refractivity contribution in [1.82, 2.24) is 9.88 Å². The number of thioether (sulfide) groups is 1. The maximum absolute atomic E-state index is 12.5. The Labute approximate surface area is 138 Å². The summed E-state index contributed by atoms with van der Waals surface area (Å²) in [5.41, 5.74) is 0. The number of carbonyl (C=O) groups is 1. The van der Waals surface area contributed by atoms with Crippen LogP contribution in [-0.2, 0) is 4.79 Å².